The molecule has 1 heterocycles. The molecule has 2 rings (SSSR count). The first kappa shape index (κ1) is 14.6. The molecule has 0 unspecified atom stereocenters. The van der Waals surface area contributed by atoms with E-state index in [9.17, 15) is 13.2 Å². The minimum Gasteiger partial charge on any atom is -0.357 e. The number of aromatic nitrogens is 1. The molecule has 3 N–H and O–H groups in total. The molecule has 0 aliphatic carbocycles. The molecule has 1 aromatic carbocycles. The van der Waals surface area contributed by atoms with Gasteiger partial charge in [-0.1, -0.05) is 15.9 Å². The Morgan fingerprint density at radius 1 is 1.26 bits per heavy atom. The molecule has 0 aliphatic rings. The van der Waals surface area contributed by atoms with E-state index in [-0.39, 0.29) is 0 Å². The fourth-order valence-electron chi connectivity index (χ4n) is 1.61. The van der Waals surface area contributed by atoms with Gasteiger partial charge in [0.2, 0.25) is 0 Å². The average molecular weight is 352 g/mol. The highest BCUT2D eigenvalue weighted by Crippen LogP contribution is 2.35. The van der Waals surface area contributed by atoms with E-state index in [1.54, 1.807) is 18.2 Å². The highest BCUT2D eigenvalue weighted by molar-refractivity contribution is 9.10. The molecule has 19 heavy (non-hydrogen) atoms. The molecule has 2 aromatic rings. The molecule has 0 saturated heterocycles. The van der Waals surface area contributed by atoms with E-state index in [1.807, 2.05) is 0 Å². The molecule has 0 bridgehead atoms. The fourth-order valence-corrected chi connectivity index (χ4v) is 2.85. The quantitative estimate of drug-likeness (QED) is 0.861. The van der Waals surface area contributed by atoms with Gasteiger partial charge in [-0.25, -0.2) is 4.98 Å². The van der Waals surface area contributed by atoms with Crippen LogP contribution in [0.2, 0.25) is 0 Å². The SMILES string of the molecule is [NH3+]CCSc1cc(C(F)(F)F)nc2ccc(Br)cc12. The summed E-state index contributed by atoms with van der Waals surface area (Å²) >= 11 is 4.69. The average Bonchev–Trinajstić information content (AvgIpc) is 2.34. The standard InChI is InChI=1S/C12H10BrF3N2S/c13-7-1-2-9-8(5-7)10(19-4-3-17)6-11(18-9)12(14,15)16/h1-2,5-6H,3-4,17H2/p+1. The summed E-state index contributed by atoms with van der Waals surface area (Å²) < 4.78 is 39.2. The van der Waals surface area contributed by atoms with Crippen molar-refractivity contribution in [1.29, 1.82) is 0 Å². The van der Waals surface area contributed by atoms with Gasteiger partial charge in [0.25, 0.3) is 0 Å². The Balaban J connectivity index is 2.62. The molecule has 0 amide bonds. The molecule has 0 fully saturated rings. The number of benzene rings is 1. The van der Waals surface area contributed by atoms with E-state index in [0.717, 1.165) is 15.9 Å². The van der Waals surface area contributed by atoms with Gasteiger partial charge in [0.1, 0.15) is 5.69 Å². The molecule has 1 aromatic heterocycles. The molecule has 0 saturated carbocycles. The minimum atomic E-state index is -4.43. The zero-order valence-electron chi connectivity index (χ0n) is 9.80. The molecule has 0 atom stereocenters. The maximum atomic E-state index is 12.8. The molecular formula is C12H11BrF3N2S+. The third-order valence-corrected chi connectivity index (χ3v) is 4.06. The van der Waals surface area contributed by atoms with Crippen LogP contribution in [0.3, 0.4) is 0 Å². The summed E-state index contributed by atoms with van der Waals surface area (Å²) in [6.45, 7) is 0.657. The third kappa shape index (κ3) is 3.40. The van der Waals surface area contributed by atoms with Gasteiger partial charge in [-0.3, -0.25) is 0 Å². The number of rotatable bonds is 3. The largest absolute Gasteiger partial charge is 0.433 e. The summed E-state index contributed by atoms with van der Waals surface area (Å²) in [5, 5.41) is 0.723. The van der Waals surface area contributed by atoms with Crippen LogP contribution >= 0.6 is 27.7 Å². The second-order valence-electron chi connectivity index (χ2n) is 3.87. The van der Waals surface area contributed by atoms with Gasteiger partial charge in [0.05, 0.1) is 12.1 Å². The Kier molecular flexibility index (Phi) is 4.37. The van der Waals surface area contributed by atoms with Crippen LogP contribution in [0.1, 0.15) is 5.69 Å². The van der Waals surface area contributed by atoms with Crippen LogP contribution in [0.15, 0.2) is 33.6 Å². The number of halogens is 4. The van der Waals surface area contributed by atoms with Gasteiger partial charge in [-0.15, -0.1) is 11.8 Å². The molecule has 0 aliphatic heterocycles. The van der Waals surface area contributed by atoms with Crippen LogP contribution < -0.4 is 5.73 Å². The summed E-state index contributed by atoms with van der Waals surface area (Å²) in [5.41, 5.74) is 3.20. The number of pyridine rings is 1. The summed E-state index contributed by atoms with van der Waals surface area (Å²) in [4.78, 5) is 4.27. The number of quaternary nitrogens is 1. The Labute approximate surface area is 120 Å². The molecular weight excluding hydrogens is 341 g/mol. The second kappa shape index (κ2) is 5.68. The summed E-state index contributed by atoms with van der Waals surface area (Å²) in [6.07, 6.45) is -4.43. The maximum Gasteiger partial charge on any atom is 0.433 e. The zero-order valence-corrected chi connectivity index (χ0v) is 12.2. The summed E-state index contributed by atoms with van der Waals surface area (Å²) in [6, 6.07) is 6.16. The van der Waals surface area contributed by atoms with Crippen LogP contribution in [0.5, 0.6) is 0 Å². The minimum absolute atomic E-state index is 0.351. The Morgan fingerprint density at radius 3 is 2.63 bits per heavy atom. The van der Waals surface area contributed by atoms with Crippen molar-refractivity contribution < 1.29 is 18.9 Å². The van der Waals surface area contributed by atoms with Crippen molar-refractivity contribution in [1.82, 2.24) is 4.98 Å². The molecule has 0 radical (unpaired) electrons. The van der Waals surface area contributed by atoms with E-state index < -0.39 is 11.9 Å². The lowest BCUT2D eigenvalue weighted by Gasteiger charge is -2.11. The number of fused-ring (bicyclic) bond motifs is 1. The van der Waals surface area contributed by atoms with Gasteiger partial charge in [0, 0.05) is 20.5 Å². The van der Waals surface area contributed by atoms with E-state index in [0.29, 0.717) is 22.7 Å². The number of hydrogen-bond acceptors (Lipinski definition) is 2. The van der Waals surface area contributed by atoms with Crippen molar-refractivity contribution in [3.05, 3.63) is 34.4 Å². The maximum absolute atomic E-state index is 12.8. The van der Waals surface area contributed by atoms with Gasteiger partial charge >= 0.3 is 6.18 Å². The smallest absolute Gasteiger partial charge is 0.357 e. The molecule has 7 heteroatoms. The lowest BCUT2D eigenvalue weighted by Crippen LogP contribution is -2.51. The number of nitrogens with zero attached hydrogens (tertiary/aromatic N) is 1. The first-order valence-electron chi connectivity index (χ1n) is 5.51. The topological polar surface area (TPSA) is 40.5 Å². The van der Waals surface area contributed by atoms with E-state index in [4.69, 9.17) is 0 Å². The number of thioether (sulfide) groups is 1. The van der Waals surface area contributed by atoms with E-state index >= 15 is 0 Å². The van der Waals surface area contributed by atoms with Crippen LogP contribution in [0, 0.1) is 0 Å². The van der Waals surface area contributed by atoms with Gasteiger partial charge in [-0.05, 0) is 24.3 Å². The van der Waals surface area contributed by atoms with Gasteiger partial charge < -0.3 is 5.73 Å². The highest BCUT2D eigenvalue weighted by Gasteiger charge is 2.33. The third-order valence-electron chi connectivity index (χ3n) is 2.43. The van der Waals surface area contributed by atoms with Crippen molar-refractivity contribution in [2.24, 2.45) is 0 Å². The zero-order chi connectivity index (χ0) is 14.0. The van der Waals surface area contributed by atoms with Crippen LogP contribution in [-0.2, 0) is 6.18 Å². The first-order chi connectivity index (χ1) is 8.91. The number of alkyl halides is 3. The van der Waals surface area contributed by atoms with Crippen LogP contribution in [-0.4, -0.2) is 17.3 Å². The number of hydrogen-bond donors (Lipinski definition) is 1. The van der Waals surface area contributed by atoms with Crippen LogP contribution in [0.25, 0.3) is 10.9 Å². The second-order valence-corrected chi connectivity index (χ2v) is 5.92. The Morgan fingerprint density at radius 2 is 2.00 bits per heavy atom. The molecule has 2 nitrogen and oxygen atoms in total. The summed E-state index contributed by atoms with van der Waals surface area (Å²) in [7, 11) is 0. The predicted molar refractivity (Wildman–Crippen MR) is 72.9 cm³/mol. The van der Waals surface area contributed by atoms with Crippen molar-refractivity contribution in [2.75, 3.05) is 12.3 Å². The molecule has 0 spiro atoms. The van der Waals surface area contributed by atoms with Gasteiger partial charge in [0.15, 0.2) is 0 Å². The lowest BCUT2D eigenvalue weighted by molar-refractivity contribution is -0.360. The van der Waals surface area contributed by atoms with Crippen molar-refractivity contribution in [2.45, 2.75) is 11.1 Å². The van der Waals surface area contributed by atoms with Crippen molar-refractivity contribution in [3.8, 4) is 0 Å². The van der Waals surface area contributed by atoms with E-state index in [1.165, 1.54) is 11.8 Å². The summed E-state index contributed by atoms with van der Waals surface area (Å²) in [5.74, 6) is 0.670. The molecule has 102 valence electrons. The normalized spacial score (nSPS) is 12.1. The van der Waals surface area contributed by atoms with E-state index in [2.05, 4.69) is 26.6 Å². The fraction of sp³-hybridized carbons (Fsp3) is 0.250. The first-order valence-corrected chi connectivity index (χ1v) is 7.29. The Hall–Kier alpha value is -0.790. The monoisotopic (exact) mass is 351 g/mol. The van der Waals surface area contributed by atoms with Crippen molar-refractivity contribution >= 4 is 38.6 Å². The Bertz CT molecular complexity index is 601. The van der Waals surface area contributed by atoms with Crippen LogP contribution in [0.4, 0.5) is 13.2 Å². The van der Waals surface area contributed by atoms with Crippen molar-refractivity contribution in [3.63, 3.8) is 0 Å². The van der Waals surface area contributed by atoms with Gasteiger partial charge in [-0.2, -0.15) is 13.2 Å². The highest BCUT2D eigenvalue weighted by atomic mass is 79.9. The predicted octanol–water partition coefficient (Wildman–Crippen LogP) is 3.35. The lowest BCUT2D eigenvalue weighted by atomic mass is 10.2.